The maximum absolute atomic E-state index is 10.9. The Kier molecular flexibility index (Phi) is 10.1. The van der Waals surface area contributed by atoms with E-state index in [1.165, 1.54) is 0 Å². The van der Waals surface area contributed by atoms with Gasteiger partial charge in [-0.1, -0.05) is 30.8 Å². The largest absolute Gasteiger partial charge is 0.497 e. The van der Waals surface area contributed by atoms with Crippen LogP contribution in [0.3, 0.4) is 0 Å². The number of nitrogens with zero attached hydrogens (tertiary/aromatic N) is 2. The number of carbonyl (C=O) groups excluding carboxylic acids is 1. The van der Waals surface area contributed by atoms with Crippen molar-refractivity contribution in [3.05, 3.63) is 83.7 Å². The predicted molar refractivity (Wildman–Crippen MR) is 124 cm³/mol. The van der Waals surface area contributed by atoms with E-state index in [-0.39, 0.29) is 5.97 Å². The highest BCUT2D eigenvalue weighted by Crippen LogP contribution is 2.29. The standard InChI is InChI=1S/C26H26N2O4/c1-4-25(29)32-18-8-6-5-7-17-31-23-15-11-21(12-16-23)26(28-2)24(19-27)20-9-13-22(30-3)14-10-20/h4,9-16H,1,5-8,17-18H2,3H3. The summed E-state index contributed by atoms with van der Waals surface area (Å²) in [5, 5.41) is 9.65. The van der Waals surface area contributed by atoms with E-state index in [2.05, 4.69) is 17.5 Å². The third kappa shape index (κ3) is 7.34. The van der Waals surface area contributed by atoms with Crippen molar-refractivity contribution in [3.63, 3.8) is 0 Å². The molecule has 0 spiro atoms. The van der Waals surface area contributed by atoms with Crippen molar-refractivity contribution in [2.45, 2.75) is 25.7 Å². The fourth-order valence-corrected chi connectivity index (χ4v) is 2.97. The molecule has 6 nitrogen and oxygen atoms in total. The summed E-state index contributed by atoms with van der Waals surface area (Å²) in [4.78, 5) is 14.5. The Morgan fingerprint density at radius 1 is 1.00 bits per heavy atom. The second-order valence-electron chi connectivity index (χ2n) is 6.83. The van der Waals surface area contributed by atoms with E-state index in [9.17, 15) is 10.1 Å². The van der Waals surface area contributed by atoms with Gasteiger partial charge in [0, 0.05) is 6.08 Å². The summed E-state index contributed by atoms with van der Waals surface area (Å²) in [6, 6.07) is 16.4. The summed E-state index contributed by atoms with van der Waals surface area (Å²) < 4.78 is 15.8. The van der Waals surface area contributed by atoms with Gasteiger partial charge in [-0.15, -0.1) is 0 Å². The Morgan fingerprint density at radius 2 is 1.59 bits per heavy atom. The number of hydrogen-bond acceptors (Lipinski definition) is 5. The first kappa shape index (κ1) is 24.2. The maximum Gasteiger partial charge on any atom is 0.330 e. The normalized spacial score (nSPS) is 10.8. The Morgan fingerprint density at radius 3 is 2.16 bits per heavy atom. The van der Waals surface area contributed by atoms with Crippen molar-refractivity contribution in [2.24, 2.45) is 0 Å². The predicted octanol–water partition coefficient (Wildman–Crippen LogP) is 5.67. The monoisotopic (exact) mass is 430 g/mol. The van der Waals surface area contributed by atoms with Crippen molar-refractivity contribution in [3.8, 4) is 17.6 Å². The van der Waals surface area contributed by atoms with Gasteiger partial charge in [0.15, 0.2) is 0 Å². The fourth-order valence-electron chi connectivity index (χ4n) is 2.97. The zero-order valence-corrected chi connectivity index (χ0v) is 18.2. The molecule has 32 heavy (non-hydrogen) atoms. The molecular formula is C26H26N2O4. The van der Waals surface area contributed by atoms with Crippen molar-refractivity contribution in [2.75, 3.05) is 20.3 Å². The summed E-state index contributed by atoms with van der Waals surface area (Å²) in [5.41, 5.74) is 1.93. The number of ether oxygens (including phenoxy) is 3. The van der Waals surface area contributed by atoms with Gasteiger partial charge in [-0.3, -0.25) is 0 Å². The summed E-state index contributed by atoms with van der Waals surface area (Å²) in [6.07, 6.45) is 4.79. The molecule has 0 aliphatic rings. The van der Waals surface area contributed by atoms with Crippen LogP contribution in [-0.2, 0) is 9.53 Å². The van der Waals surface area contributed by atoms with Crippen molar-refractivity contribution < 1.29 is 19.0 Å². The molecule has 0 amide bonds. The smallest absolute Gasteiger partial charge is 0.330 e. The van der Waals surface area contributed by atoms with Gasteiger partial charge in [0.2, 0.25) is 5.70 Å². The lowest BCUT2D eigenvalue weighted by Crippen LogP contribution is -2.02. The van der Waals surface area contributed by atoms with E-state index >= 15 is 0 Å². The molecular weight excluding hydrogens is 404 g/mol. The third-order valence-corrected chi connectivity index (χ3v) is 4.69. The highest BCUT2D eigenvalue weighted by molar-refractivity contribution is 5.99. The molecule has 0 fully saturated rings. The van der Waals surface area contributed by atoms with Crippen LogP contribution in [-0.4, -0.2) is 26.3 Å². The molecule has 0 bridgehead atoms. The lowest BCUT2D eigenvalue weighted by molar-refractivity contribution is -0.137. The Bertz CT molecular complexity index is 1010. The molecule has 0 unspecified atom stereocenters. The molecule has 6 heteroatoms. The van der Waals surface area contributed by atoms with Crippen molar-refractivity contribution >= 4 is 17.2 Å². The minimum atomic E-state index is -0.390. The number of benzene rings is 2. The summed E-state index contributed by atoms with van der Waals surface area (Å²) in [5.74, 6) is 1.01. The van der Waals surface area contributed by atoms with Gasteiger partial charge in [-0.2, -0.15) is 5.26 Å². The van der Waals surface area contributed by atoms with E-state index < -0.39 is 0 Å². The van der Waals surface area contributed by atoms with Gasteiger partial charge in [-0.25, -0.2) is 9.64 Å². The second-order valence-corrected chi connectivity index (χ2v) is 6.83. The van der Waals surface area contributed by atoms with Crippen LogP contribution in [0.15, 0.2) is 61.2 Å². The first-order chi connectivity index (χ1) is 15.6. The van der Waals surface area contributed by atoms with E-state index in [1.807, 2.05) is 0 Å². The van der Waals surface area contributed by atoms with Crippen LogP contribution in [0.4, 0.5) is 0 Å². The Labute approximate surface area is 189 Å². The quantitative estimate of drug-likeness (QED) is 0.108. The number of rotatable bonds is 12. The average Bonchev–Trinajstić information content (AvgIpc) is 2.84. The maximum atomic E-state index is 10.9. The topological polar surface area (TPSA) is 72.9 Å². The van der Waals surface area contributed by atoms with Gasteiger partial charge < -0.3 is 14.2 Å². The Hall–Kier alpha value is -4.03. The first-order valence-corrected chi connectivity index (χ1v) is 10.3. The molecule has 0 heterocycles. The van der Waals surface area contributed by atoms with Gasteiger partial charge >= 0.3 is 5.97 Å². The fraction of sp³-hybridized carbons (Fsp3) is 0.269. The van der Waals surface area contributed by atoms with E-state index in [4.69, 9.17) is 20.8 Å². The van der Waals surface area contributed by atoms with Crippen LogP contribution in [0, 0.1) is 17.9 Å². The zero-order valence-electron chi connectivity index (χ0n) is 18.2. The number of hydrogen-bond donors (Lipinski definition) is 0. The molecule has 0 saturated carbocycles. The molecule has 0 N–H and O–H groups in total. The third-order valence-electron chi connectivity index (χ3n) is 4.69. The van der Waals surface area contributed by atoms with Crippen LogP contribution in [0.1, 0.15) is 36.8 Å². The van der Waals surface area contributed by atoms with Crippen LogP contribution < -0.4 is 9.47 Å². The van der Waals surface area contributed by atoms with Crippen LogP contribution in [0.25, 0.3) is 16.1 Å². The van der Waals surface area contributed by atoms with Gasteiger partial charge in [0.05, 0.1) is 38.5 Å². The number of nitriles is 1. The van der Waals surface area contributed by atoms with E-state index in [1.54, 1.807) is 55.6 Å². The van der Waals surface area contributed by atoms with E-state index in [0.29, 0.717) is 47.1 Å². The molecule has 0 saturated heterocycles. The molecule has 2 aromatic rings. The summed E-state index contributed by atoms with van der Waals surface area (Å²) >= 11 is 0. The van der Waals surface area contributed by atoms with Crippen molar-refractivity contribution in [1.29, 1.82) is 5.26 Å². The van der Waals surface area contributed by atoms with Crippen LogP contribution in [0.2, 0.25) is 0 Å². The van der Waals surface area contributed by atoms with Crippen LogP contribution >= 0.6 is 0 Å². The van der Waals surface area contributed by atoms with E-state index in [0.717, 1.165) is 31.8 Å². The number of allylic oxidation sites excluding steroid dienone is 1. The lowest BCUT2D eigenvalue weighted by atomic mass is 10.0. The molecule has 2 aromatic carbocycles. The number of unbranched alkanes of at least 4 members (excludes halogenated alkanes) is 3. The molecule has 0 radical (unpaired) electrons. The summed E-state index contributed by atoms with van der Waals surface area (Å²) in [6.45, 7) is 11.9. The van der Waals surface area contributed by atoms with Gasteiger partial charge in [0.25, 0.3) is 0 Å². The highest BCUT2D eigenvalue weighted by Gasteiger charge is 2.12. The van der Waals surface area contributed by atoms with Crippen LogP contribution in [0.5, 0.6) is 11.5 Å². The summed E-state index contributed by atoms with van der Waals surface area (Å²) in [7, 11) is 1.58. The minimum absolute atomic E-state index is 0.293. The lowest BCUT2D eigenvalue weighted by Gasteiger charge is -2.09. The van der Waals surface area contributed by atoms with Crippen molar-refractivity contribution in [1.82, 2.24) is 0 Å². The number of methoxy groups -OCH3 is 1. The molecule has 0 atom stereocenters. The molecule has 2 rings (SSSR count). The van der Waals surface area contributed by atoms with Gasteiger partial charge in [-0.05, 0) is 61.1 Å². The number of esters is 1. The van der Waals surface area contributed by atoms with Gasteiger partial charge in [0.1, 0.15) is 11.5 Å². The molecule has 0 aliphatic carbocycles. The molecule has 164 valence electrons. The minimum Gasteiger partial charge on any atom is -0.497 e. The molecule has 0 aromatic heterocycles. The second kappa shape index (κ2) is 13.3. The SMILES string of the molecule is [C-]#[N+]C(=C(C#N)c1ccc(OC)cc1)c1ccc(OCCCCCCOC(=O)C=C)cc1. The average molecular weight is 431 g/mol. The zero-order chi connectivity index (χ0) is 23.2. The highest BCUT2D eigenvalue weighted by atomic mass is 16.5. The number of carbonyl (C=O) groups is 1. The molecule has 0 aliphatic heterocycles. The first-order valence-electron chi connectivity index (χ1n) is 10.3. The Balaban J connectivity index is 1.90.